The summed E-state index contributed by atoms with van der Waals surface area (Å²) in [6, 6.07) is 16.2. The Morgan fingerprint density at radius 2 is 1.46 bits per heavy atom. The molecule has 6 rings (SSSR count). The van der Waals surface area contributed by atoms with E-state index in [0.29, 0.717) is 25.8 Å². The Morgan fingerprint density at radius 3 is 2.06 bits per heavy atom. The number of hydrogen-bond donors (Lipinski definition) is 2. The van der Waals surface area contributed by atoms with E-state index in [0.717, 1.165) is 81.7 Å². The summed E-state index contributed by atoms with van der Waals surface area (Å²) in [6.07, 6.45) is 8.77. The van der Waals surface area contributed by atoms with E-state index in [1.807, 2.05) is 45.0 Å². The number of hydrogen-bond acceptors (Lipinski definition) is 7. The van der Waals surface area contributed by atoms with Gasteiger partial charge in [-0.25, -0.2) is 4.79 Å². The fourth-order valence-corrected chi connectivity index (χ4v) is 7.82. The van der Waals surface area contributed by atoms with Crippen LogP contribution in [-0.2, 0) is 19.1 Å². The highest BCUT2D eigenvalue weighted by Crippen LogP contribution is 2.36. The van der Waals surface area contributed by atoms with Gasteiger partial charge < -0.3 is 25.2 Å². The maximum Gasteiger partial charge on any atom is 0.407 e. The predicted molar refractivity (Wildman–Crippen MR) is 213 cm³/mol. The van der Waals surface area contributed by atoms with Crippen molar-refractivity contribution in [2.45, 2.75) is 90.8 Å². The molecule has 0 radical (unpaired) electrons. The Morgan fingerprint density at radius 1 is 0.852 bits per heavy atom. The molecule has 0 saturated carbocycles. The van der Waals surface area contributed by atoms with Gasteiger partial charge in [0, 0.05) is 61.9 Å². The molecule has 54 heavy (non-hydrogen) atoms. The average molecular weight is 733 g/mol. The van der Waals surface area contributed by atoms with E-state index in [1.54, 1.807) is 11.9 Å². The van der Waals surface area contributed by atoms with Crippen LogP contribution in [0.5, 0.6) is 0 Å². The second kappa shape index (κ2) is 16.8. The molecule has 2 aromatic carbocycles. The highest BCUT2D eigenvalue weighted by atomic mass is 16.5. The minimum absolute atomic E-state index is 0.0452. The van der Waals surface area contributed by atoms with Gasteiger partial charge >= 0.3 is 6.09 Å². The summed E-state index contributed by atoms with van der Waals surface area (Å²) in [6.45, 7) is 8.40. The summed E-state index contributed by atoms with van der Waals surface area (Å²) >= 11 is 0. The fourth-order valence-electron chi connectivity index (χ4n) is 7.82. The van der Waals surface area contributed by atoms with Crippen molar-refractivity contribution in [1.82, 2.24) is 20.4 Å². The van der Waals surface area contributed by atoms with Crippen LogP contribution < -0.4 is 10.6 Å². The van der Waals surface area contributed by atoms with Gasteiger partial charge in [-0.15, -0.1) is 0 Å². The zero-order valence-electron chi connectivity index (χ0n) is 32.3. The van der Waals surface area contributed by atoms with Crippen molar-refractivity contribution in [3.8, 4) is 11.1 Å². The van der Waals surface area contributed by atoms with E-state index in [2.05, 4.69) is 59.2 Å². The second-order valence-corrected chi connectivity index (χ2v) is 15.1. The molecule has 284 valence electrons. The molecule has 11 heteroatoms. The summed E-state index contributed by atoms with van der Waals surface area (Å²) in [5, 5.41) is 5.35. The molecule has 2 atom stereocenters. The molecule has 1 aliphatic carbocycles. The number of nitrogens with zero attached hydrogens (tertiary/aromatic N) is 4. The van der Waals surface area contributed by atoms with Gasteiger partial charge in [0.05, 0.1) is 13.2 Å². The Balaban J connectivity index is 1.06. The number of nitrogens with one attached hydrogen (secondary N) is 2. The van der Waals surface area contributed by atoms with Crippen LogP contribution in [0.4, 0.5) is 4.79 Å². The molecule has 11 nitrogen and oxygen atoms in total. The molecule has 2 N–H and O–H groups in total. The number of benzene rings is 2. The molecule has 1 fully saturated rings. The SMILES string of the molecule is CNC(=O)CN(C(=O)C1=C(C2=NC=C(c3ccc(-c4ccc(C5=CN=C([C@@H]6CCCN6C(=O)[C@@H](NC(=O)OC)C(C)C)C5)cc4)cc3)C2)CCC1)C(C)C. The monoisotopic (exact) mass is 732 g/mol. The minimum atomic E-state index is -0.654. The predicted octanol–water partition coefficient (Wildman–Crippen LogP) is 6.56. The first-order valence-corrected chi connectivity index (χ1v) is 19.1. The lowest BCUT2D eigenvalue weighted by Gasteiger charge is -2.31. The fraction of sp³-hybridized carbons (Fsp3) is 0.442. The van der Waals surface area contributed by atoms with Crippen molar-refractivity contribution < 1.29 is 23.9 Å². The molecule has 0 aromatic heterocycles. The maximum absolute atomic E-state index is 13.6. The summed E-state index contributed by atoms with van der Waals surface area (Å²) in [5.41, 5.74) is 10.4. The Bertz CT molecular complexity index is 1940. The number of likely N-dealkylation sites (N-methyl/N-ethyl adjacent to an activating group) is 1. The Hall–Kier alpha value is -5.32. The van der Waals surface area contributed by atoms with E-state index in [1.165, 1.54) is 7.11 Å². The lowest BCUT2D eigenvalue weighted by molar-refractivity contribution is -0.134. The third-order valence-corrected chi connectivity index (χ3v) is 10.9. The van der Waals surface area contributed by atoms with Crippen molar-refractivity contribution in [3.05, 3.63) is 83.2 Å². The van der Waals surface area contributed by atoms with Gasteiger partial charge in [-0.3, -0.25) is 24.4 Å². The summed E-state index contributed by atoms with van der Waals surface area (Å²) in [7, 11) is 2.89. The first kappa shape index (κ1) is 38.4. The lowest BCUT2D eigenvalue weighted by atomic mass is 9.94. The number of allylic oxidation sites excluding steroid dienone is 3. The number of alkyl carbamates (subject to hydrolysis) is 1. The summed E-state index contributed by atoms with van der Waals surface area (Å²) in [4.78, 5) is 64.3. The van der Waals surface area contributed by atoms with Crippen molar-refractivity contribution in [3.63, 3.8) is 0 Å². The van der Waals surface area contributed by atoms with Gasteiger partial charge in [0.25, 0.3) is 5.91 Å². The smallest absolute Gasteiger partial charge is 0.407 e. The van der Waals surface area contributed by atoms with Crippen molar-refractivity contribution in [2.24, 2.45) is 15.9 Å². The summed E-state index contributed by atoms with van der Waals surface area (Å²) in [5.74, 6) is -0.417. The van der Waals surface area contributed by atoms with Crippen molar-refractivity contribution in [1.29, 1.82) is 0 Å². The number of aliphatic imine (C=N–C) groups is 2. The molecule has 1 saturated heterocycles. The Kier molecular flexibility index (Phi) is 11.9. The highest BCUT2D eigenvalue weighted by molar-refractivity contribution is 6.14. The van der Waals surface area contributed by atoms with Crippen LogP contribution >= 0.6 is 0 Å². The molecule has 3 heterocycles. The number of rotatable bonds is 12. The molecule has 0 bridgehead atoms. The van der Waals surface area contributed by atoms with Crippen LogP contribution in [0.2, 0.25) is 0 Å². The number of methoxy groups -OCH3 is 1. The van der Waals surface area contributed by atoms with Gasteiger partial charge in [0.15, 0.2) is 0 Å². The minimum Gasteiger partial charge on any atom is -0.453 e. The van der Waals surface area contributed by atoms with Gasteiger partial charge in [-0.1, -0.05) is 62.4 Å². The number of likely N-dealkylation sites (tertiary alicyclic amines) is 1. The van der Waals surface area contributed by atoms with Gasteiger partial charge in [0.1, 0.15) is 12.6 Å². The van der Waals surface area contributed by atoms with Crippen LogP contribution in [0.1, 0.15) is 83.8 Å². The van der Waals surface area contributed by atoms with E-state index in [-0.39, 0.29) is 42.3 Å². The quantitative estimate of drug-likeness (QED) is 0.255. The largest absolute Gasteiger partial charge is 0.453 e. The number of carbonyl (C=O) groups is 4. The summed E-state index contributed by atoms with van der Waals surface area (Å²) < 4.78 is 4.77. The number of carbonyl (C=O) groups excluding carboxylic acids is 4. The molecular weight excluding hydrogens is 681 g/mol. The zero-order chi connectivity index (χ0) is 38.5. The third kappa shape index (κ3) is 8.25. The normalized spacial score (nSPS) is 18.7. The van der Waals surface area contributed by atoms with Crippen LogP contribution in [0.25, 0.3) is 22.3 Å². The van der Waals surface area contributed by atoms with Crippen LogP contribution in [-0.4, -0.2) is 90.4 Å². The average Bonchev–Trinajstić information content (AvgIpc) is 4.02. The number of ether oxygens (including phenoxy) is 1. The van der Waals surface area contributed by atoms with Gasteiger partial charge in [-0.2, -0.15) is 0 Å². The van der Waals surface area contributed by atoms with E-state index < -0.39 is 12.1 Å². The molecule has 4 aliphatic rings. The highest BCUT2D eigenvalue weighted by Gasteiger charge is 2.38. The standard InChI is InChI=1S/C43H52N6O5/c1-26(2)40(47-43(53)54-6)42(52)48-20-8-11-38(48)37-22-33(24-46-37)31-18-14-29(15-19-31)28-12-16-30(17-13-28)32-21-36(45-23-32)34-9-7-10-35(34)41(51)49(27(3)4)25-39(50)44-5/h12-19,23-24,26-27,38,40H,7-11,20-22,25H2,1-6H3,(H,44,50)(H,47,53)/t38-,40-/m0/s1. The molecular formula is C43H52N6O5. The first-order chi connectivity index (χ1) is 26.0. The van der Waals surface area contributed by atoms with E-state index in [9.17, 15) is 19.2 Å². The molecule has 0 spiro atoms. The molecule has 0 unspecified atom stereocenters. The van der Waals surface area contributed by atoms with Crippen LogP contribution in [0, 0.1) is 5.92 Å². The maximum atomic E-state index is 13.6. The topological polar surface area (TPSA) is 133 Å². The Labute approximate surface area is 318 Å². The molecule has 3 aliphatic heterocycles. The van der Waals surface area contributed by atoms with Gasteiger partial charge in [0.2, 0.25) is 11.8 Å². The van der Waals surface area contributed by atoms with Crippen molar-refractivity contribution in [2.75, 3.05) is 27.2 Å². The second-order valence-electron chi connectivity index (χ2n) is 15.1. The van der Waals surface area contributed by atoms with Crippen LogP contribution in [0.15, 0.2) is 82.1 Å². The zero-order valence-corrected chi connectivity index (χ0v) is 32.3. The van der Waals surface area contributed by atoms with Crippen molar-refractivity contribution >= 4 is 46.4 Å². The molecule has 4 amide bonds. The van der Waals surface area contributed by atoms with Gasteiger partial charge in [-0.05, 0) is 90.8 Å². The lowest BCUT2D eigenvalue weighted by Crippen LogP contribution is -2.53. The van der Waals surface area contributed by atoms with Crippen LogP contribution in [0.3, 0.4) is 0 Å². The first-order valence-electron chi connectivity index (χ1n) is 19.1. The molecule has 2 aromatic rings. The number of amides is 4. The van der Waals surface area contributed by atoms with E-state index >= 15 is 0 Å². The third-order valence-electron chi connectivity index (χ3n) is 10.9. The van der Waals surface area contributed by atoms with E-state index in [4.69, 9.17) is 14.7 Å².